The van der Waals surface area contributed by atoms with Crippen LogP contribution in [0.3, 0.4) is 0 Å². The monoisotopic (exact) mass is 367 g/mol. The average Bonchev–Trinajstić information content (AvgIpc) is 2.86. The van der Waals surface area contributed by atoms with Gasteiger partial charge < -0.3 is 5.32 Å². The van der Waals surface area contributed by atoms with Gasteiger partial charge in [0.1, 0.15) is 0 Å². The second-order valence-corrected chi connectivity index (χ2v) is 8.57. The molecule has 1 N–H and O–H groups in total. The Labute approximate surface area is 150 Å². The summed E-state index contributed by atoms with van der Waals surface area (Å²) in [5.74, 6) is 0.804. The molecule has 0 aliphatic rings. The molecule has 4 nitrogen and oxygen atoms in total. The van der Waals surface area contributed by atoms with E-state index in [1.165, 1.54) is 23.1 Å². The summed E-state index contributed by atoms with van der Waals surface area (Å²) in [5.41, 5.74) is 2.10. The van der Waals surface area contributed by atoms with Crippen LogP contribution < -0.4 is 5.32 Å². The zero-order valence-electron chi connectivity index (χ0n) is 13.7. The Morgan fingerprint density at radius 1 is 1.39 bits per heavy atom. The Kier molecular flexibility index (Phi) is 6.38. The van der Waals surface area contributed by atoms with Gasteiger partial charge in [0.15, 0.2) is 8.29 Å². The summed E-state index contributed by atoms with van der Waals surface area (Å²) in [7, 11) is 0. The van der Waals surface area contributed by atoms with E-state index in [4.69, 9.17) is 12.2 Å². The van der Waals surface area contributed by atoms with Gasteiger partial charge >= 0.3 is 0 Å². The summed E-state index contributed by atoms with van der Waals surface area (Å²) in [6.07, 6.45) is 0. The van der Waals surface area contributed by atoms with Crippen LogP contribution >= 0.6 is 35.3 Å². The topological polar surface area (TPSA) is 46.9 Å². The van der Waals surface area contributed by atoms with Crippen LogP contribution in [0.4, 0.5) is 0 Å². The third-order valence-corrected chi connectivity index (χ3v) is 5.95. The van der Waals surface area contributed by atoms with E-state index in [0.717, 1.165) is 15.6 Å². The number of nitrogens with zero attached hydrogens (tertiary/aromatic N) is 2. The van der Waals surface area contributed by atoms with Crippen LogP contribution in [-0.4, -0.2) is 27.5 Å². The minimum absolute atomic E-state index is 0.0276. The number of carbonyl (C=O) groups excluding carboxylic acids is 1. The number of aryl methyl sites for hydroxylation is 1. The molecule has 23 heavy (non-hydrogen) atoms. The lowest BCUT2D eigenvalue weighted by Crippen LogP contribution is -2.37. The third-order valence-electron chi connectivity index (χ3n) is 3.59. The molecule has 0 unspecified atom stereocenters. The lowest BCUT2D eigenvalue weighted by Gasteiger charge is -2.16. The van der Waals surface area contributed by atoms with Crippen molar-refractivity contribution in [3.63, 3.8) is 0 Å². The number of amides is 1. The lowest BCUT2D eigenvalue weighted by atomic mass is 10.1. The van der Waals surface area contributed by atoms with Crippen LogP contribution in [0.1, 0.15) is 26.3 Å². The predicted molar refractivity (Wildman–Crippen MR) is 100 cm³/mol. The maximum absolute atomic E-state index is 12.0. The largest absolute Gasteiger partial charge is 0.353 e. The molecule has 0 aliphatic carbocycles. The molecule has 2 rings (SSSR count). The molecule has 1 aromatic carbocycles. The number of benzene rings is 1. The predicted octanol–water partition coefficient (Wildman–Crippen LogP) is 4.22. The molecule has 1 heterocycles. The maximum atomic E-state index is 12.0. The van der Waals surface area contributed by atoms with Gasteiger partial charge in [-0.1, -0.05) is 55.1 Å². The molecule has 0 saturated heterocycles. The van der Waals surface area contributed by atoms with E-state index in [9.17, 15) is 4.79 Å². The van der Waals surface area contributed by atoms with Gasteiger partial charge in [-0.25, -0.2) is 4.68 Å². The van der Waals surface area contributed by atoms with Crippen molar-refractivity contribution < 1.29 is 4.79 Å². The van der Waals surface area contributed by atoms with E-state index < -0.39 is 0 Å². The van der Waals surface area contributed by atoms with E-state index in [1.807, 2.05) is 38.1 Å². The quantitative estimate of drug-likeness (QED) is 0.613. The summed E-state index contributed by atoms with van der Waals surface area (Å²) >= 11 is 8.26. The Morgan fingerprint density at radius 3 is 2.74 bits per heavy atom. The minimum Gasteiger partial charge on any atom is -0.353 e. The maximum Gasteiger partial charge on any atom is 0.230 e. The molecule has 0 radical (unpaired) electrons. The molecule has 7 heteroatoms. The first kappa shape index (κ1) is 18.2. The number of nitrogens with one attached hydrogen (secondary N) is 1. The summed E-state index contributed by atoms with van der Waals surface area (Å²) in [6, 6.07) is 8.16. The fourth-order valence-electron chi connectivity index (χ4n) is 1.86. The fourth-order valence-corrected chi connectivity index (χ4v) is 4.02. The molecule has 1 atom stereocenters. The summed E-state index contributed by atoms with van der Waals surface area (Å²) in [6.45, 7) is 8.23. The highest BCUT2D eigenvalue weighted by molar-refractivity contribution is 8.01. The molecule has 0 saturated carbocycles. The van der Waals surface area contributed by atoms with Gasteiger partial charge in [-0.3, -0.25) is 4.79 Å². The smallest absolute Gasteiger partial charge is 0.230 e. The number of rotatable bonds is 6. The molecule has 1 amide bonds. The first-order chi connectivity index (χ1) is 10.9. The van der Waals surface area contributed by atoms with Gasteiger partial charge in [-0.2, -0.15) is 0 Å². The highest BCUT2D eigenvalue weighted by Crippen LogP contribution is 2.25. The molecule has 124 valence electrons. The second kappa shape index (κ2) is 8.08. The van der Waals surface area contributed by atoms with Crippen molar-refractivity contribution in [3.05, 3.63) is 33.8 Å². The Hall–Kier alpha value is -1.18. The number of carbonyl (C=O) groups is 1. The van der Waals surface area contributed by atoms with Gasteiger partial charge in [0.05, 0.1) is 11.4 Å². The van der Waals surface area contributed by atoms with E-state index in [2.05, 4.69) is 24.3 Å². The highest BCUT2D eigenvalue weighted by atomic mass is 32.2. The first-order valence-electron chi connectivity index (χ1n) is 7.47. The van der Waals surface area contributed by atoms with Crippen LogP contribution in [0, 0.1) is 16.8 Å². The van der Waals surface area contributed by atoms with Crippen molar-refractivity contribution in [1.82, 2.24) is 15.1 Å². The zero-order chi connectivity index (χ0) is 17.0. The van der Waals surface area contributed by atoms with Crippen molar-refractivity contribution in [2.75, 3.05) is 5.75 Å². The molecule has 0 fully saturated rings. The second-order valence-electron chi connectivity index (χ2n) is 5.72. The van der Waals surface area contributed by atoms with E-state index in [1.54, 1.807) is 4.68 Å². The summed E-state index contributed by atoms with van der Waals surface area (Å²) in [4.78, 5) is 12.0. The highest BCUT2D eigenvalue weighted by Gasteiger charge is 2.13. The molecule has 0 aliphatic heterocycles. The molecule has 0 bridgehead atoms. The van der Waals surface area contributed by atoms with Crippen LogP contribution in [-0.2, 0) is 4.79 Å². The van der Waals surface area contributed by atoms with Crippen LogP contribution in [0.15, 0.2) is 28.6 Å². The molecule has 1 aromatic heterocycles. The van der Waals surface area contributed by atoms with Gasteiger partial charge in [-0.15, -0.1) is 5.10 Å². The average molecular weight is 368 g/mol. The van der Waals surface area contributed by atoms with Gasteiger partial charge in [-0.05, 0) is 43.6 Å². The van der Waals surface area contributed by atoms with Gasteiger partial charge in [0.25, 0.3) is 0 Å². The van der Waals surface area contributed by atoms with E-state index in [0.29, 0.717) is 15.6 Å². The zero-order valence-corrected chi connectivity index (χ0v) is 16.1. The van der Waals surface area contributed by atoms with Crippen molar-refractivity contribution >= 4 is 41.2 Å². The van der Waals surface area contributed by atoms with Crippen molar-refractivity contribution in [2.45, 2.75) is 38.1 Å². The Morgan fingerprint density at radius 2 is 2.09 bits per heavy atom. The van der Waals surface area contributed by atoms with Gasteiger partial charge in [0, 0.05) is 6.04 Å². The van der Waals surface area contributed by atoms with Crippen LogP contribution in [0.5, 0.6) is 0 Å². The van der Waals surface area contributed by atoms with E-state index in [-0.39, 0.29) is 11.9 Å². The minimum atomic E-state index is 0.0276. The standard InChI is InChI=1S/C16H21N3OS3/c1-10(2)12(4)17-14(20)9-22-15-18-19(16(21)23-15)13-8-6-5-7-11(13)3/h5-8,10,12H,9H2,1-4H3,(H,17,20)/t12-/m0/s1. The number of hydrogen-bond acceptors (Lipinski definition) is 5. The normalized spacial score (nSPS) is 12.4. The summed E-state index contributed by atoms with van der Waals surface area (Å²) < 4.78 is 3.27. The Balaban J connectivity index is 2.04. The SMILES string of the molecule is Cc1ccccc1-n1nc(SCC(=O)N[C@@H](C)C(C)C)sc1=S. The van der Waals surface area contributed by atoms with Crippen LogP contribution in [0.25, 0.3) is 5.69 Å². The Bertz CT molecular complexity index is 736. The molecule has 2 aromatic rings. The third kappa shape index (κ3) is 4.89. The van der Waals surface area contributed by atoms with Gasteiger partial charge in [0.2, 0.25) is 5.91 Å². The fraction of sp³-hybridized carbons (Fsp3) is 0.438. The van der Waals surface area contributed by atoms with Crippen molar-refractivity contribution in [1.29, 1.82) is 0 Å². The first-order valence-corrected chi connectivity index (χ1v) is 9.68. The molecular formula is C16H21N3OS3. The summed E-state index contributed by atoms with van der Waals surface area (Å²) in [5, 5.41) is 7.54. The molecule has 0 spiro atoms. The number of hydrogen-bond donors (Lipinski definition) is 1. The molecular weight excluding hydrogens is 346 g/mol. The van der Waals surface area contributed by atoms with Crippen molar-refractivity contribution in [2.24, 2.45) is 5.92 Å². The lowest BCUT2D eigenvalue weighted by molar-refractivity contribution is -0.119. The van der Waals surface area contributed by atoms with Crippen LogP contribution in [0.2, 0.25) is 0 Å². The van der Waals surface area contributed by atoms with Crippen molar-refractivity contribution in [3.8, 4) is 5.69 Å². The number of aromatic nitrogens is 2. The number of thioether (sulfide) groups is 1. The van der Waals surface area contributed by atoms with E-state index >= 15 is 0 Å². The number of para-hydroxylation sites is 1.